The number of esters is 3. The van der Waals surface area contributed by atoms with Crippen molar-refractivity contribution in [2.45, 2.75) is 355 Å². The normalized spacial score (nSPS) is 12.4. The number of unbranched alkanes of at least 4 members (excludes halogenated alkanes) is 42. The maximum Gasteiger partial charge on any atom is 0.306 e. The van der Waals surface area contributed by atoms with Crippen LogP contribution in [0.2, 0.25) is 0 Å². The molecule has 67 heavy (non-hydrogen) atoms. The van der Waals surface area contributed by atoms with Crippen molar-refractivity contribution in [3.8, 4) is 0 Å². The highest BCUT2D eigenvalue weighted by Crippen LogP contribution is 2.19. The van der Waals surface area contributed by atoms with Crippen molar-refractivity contribution >= 4 is 17.9 Å². The molecule has 0 spiro atoms. The van der Waals surface area contributed by atoms with E-state index in [-0.39, 0.29) is 31.1 Å². The molecule has 0 aromatic rings. The quantitative estimate of drug-likeness (QED) is 0.0343. The summed E-state index contributed by atoms with van der Waals surface area (Å²) in [6.45, 7) is 9.11. The van der Waals surface area contributed by atoms with E-state index in [1.54, 1.807) is 0 Å². The summed E-state index contributed by atoms with van der Waals surface area (Å²) >= 11 is 0. The van der Waals surface area contributed by atoms with E-state index in [1.165, 1.54) is 244 Å². The second-order valence-corrected chi connectivity index (χ2v) is 21.2. The van der Waals surface area contributed by atoms with Gasteiger partial charge in [-0.3, -0.25) is 14.4 Å². The highest BCUT2D eigenvalue weighted by atomic mass is 16.6. The lowest BCUT2D eigenvalue weighted by molar-refractivity contribution is -0.167. The van der Waals surface area contributed by atoms with Crippen molar-refractivity contribution in [2.24, 2.45) is 5.92 Å². The van der Waals surface area contributed by atoms with E-state index in [2.05, 4.69) is 27.7 Å². The molecule has 1 unspecified atom stereocenters. The molecule has 398 valence electrons. The van der Waals surface area contributed by atoms with Gasteiger partial charge in [-0.15, -0.1) is 0 Å². The highest BCUT2D eigenvalue weighted by molar-refractivity contribution is 5.71. The minimum absolute atomic E-state index is 0.0615. The van der Waals surface area contributed by atoms with E-state index >= 15 is 0 Å². The van der Waals surface area contributed by atoms with Crippen LogP contribution in [0.15, 0.2) is 0 Å². The zero-order valence-electron chi connectivity index (χ0n) is 45.9. The average molecular weight is 948 g/mol. The van der Waals surface area contributed by atoms with Crippen LogP contribution in [-0.2, 0) is 28.6 Å². The van der Waals surface area contributed by atoms with E-state index in [4.69, 9.17) is 14.2 Å². The van der Waals surface area contributed by atoms with E-state index in [9.17, 15) is 14.4 Å². The second kappa shape index (κ2) is 55.3. The Bertz CT molecular complexity index is 1010. The first-order chi connectivity index (χ1) is 32.9. The Morgan fingerprint density at radius 2 is 0.522 bits per heavy atom. The molecule has 0 saturated carbocycles. The first-order valence-electron chi connectivity index (χ1n) is 30.4. The Kier molecular flexibility index (Phi) is 54.0. The van der Waals surface area contributed by atoms with Gasteiger partial charge in [0, 0.05) is 19.3 Å². The number of ether oxygens (including phenoxy) is 3. The Morgan fingerprint density at radius 3 is 0.776 bits per heavy atom. The summed E-state index contributed by atoms with van der Waals surface area (Å²) in [4.78, 5) is 38.2. The second-order valence-electron chi connectivity index (χ2n) is 21.2. The third kappa shape index (κ3) is 53.6. The lowest BCUT2D eigenvalue weighted by Crippen LogP contribution is -2.30. The molecule has 0 rings (SSSR count). The predicted octanol–water partition coefficient (Wildman–Crippen LogP) is 20.2. The number of hydrogen-bond acceptors (Lipinski definition) is 6. The molecular formula is C61H118O6. The topological polar surface area (TPSA) is 78.9 Å². The Morgan fingerprint density at radius 1 is 0.299 bits per heavy atom. The largest absolute Gasteiger partial charge is 0.462 e. The third-order valence-electron chi connectivity index (χ3n) is 14.4. The third-order valence-corrected chi connectivity index (χ3v) is 14.4. The fraction of sp³-hybridized carbons (Fsp3) is 0.951. The molecule has 0 N–H and O–H groups in total. The van der Waals surface area contributed by atoms with Gasteiger partial charge in [-0.25, -0.2) is 0 Å². The molecular weight excluding hydrogens is 829 g/mol. The zero-order valence-corrected chi connectivity index (χ0v) is 45.9. The van der Waals surface area contributed by atoms with Gasteiger partial charge >= 0.3 is 17.9 Å². The van der Waals surface area contributed by atoms with Crippen LogP contribution in [0.3, 0.4) is 0 Å². The average Bonchev–Trinajstić information content (AvgIpc) is 3.33. The monoisotopic (exact) mass is 947 g/mol. The van der Waals surface area contributed by atoms with Gasteiger partial charge in [-0.1, -0.05) is 310 Å². The van der Waals surface area contributed by atoms with Gasteiger partial charge in [0.25, 0.3) is 0 Å². The van der Waals surface area contributed by atoms with Gasteiger partial charge in [-0.05, 0) is 25.2 Å². The van der Waals surface area contributed by atoms with E-state index in [1.807, 2.05) is 0 Å². The SMILES string of the molecule is CCCCCCCCCCCCCCCCCC(=O)OC[C@H](COC(=O)CCCCCCCCCCCCCCCCCCCCC(C)CC)OC(=O)CCCCCCCCCCCCCC. The van der Waals surface area contributed by atoms with Crippen LogP contribution >= 0.6 is 0 Å². The van der Waals surface area contributed by atoms with Crippen molar-refractivity contribution < 1.29 is 28.6 Å². The Labute approximate surface area is 418 Å². The first-order valence-corrected chi connectivity index (χ1v) is 30.4. The summed E-state index contributed by atoms with van der Waals surface area (Å²) in [5.41, 5.74) is 0. The molecule has 0 amide bonds. The summed E-state index contributed by atoms with van der Waals surface area (Å²) in [6, 6.07) is 0. The predicted molar refractivity (Wildman–Crippen MR) is 289 cm³/mol. The van der Waals surface area contributed by atoms with Gasteiger partial charge in [-0.2, -0.15) is 0 Å². The molecule has 2 atom stereocenters. The van der Waals surface area contributed by atoms with Crippen LogP contribution in [0.1, 0.15) is 349 Å². The number of carbonyl (C=O) groups is 3. The lowest BCUT2D eigenvalue weighted by Gasteiger charge is -2.18. The maximum absolute atomic E-state index is 12.8. The molecule has 0 heterocycles. The summed E-state index contributed by atoms with van der Waals surface area (Å²) in [6.07, 6.45) is 60.9. The van der Waals surface area contributed by atoms with Crippen LogP contribution in [0, 0.1) is 5.92 Å². The van der Waals surface area contributed by atoms with E-state index in [0.29, 0.717) is 19.3 Å². The fourth-order valence-corrected chi connectivity index (χ4v) is 9.42. The molecule has 0 aromatic heterocycles. The molecule has 0 aromatic carbocycles. The van der Waals surface area contributed by atoms with E-state index in [0.717, 1.165) is 63.7 Å². The van der Waals surface area contributed by atoms with Gasteiger partial charge in [0.2, 0.25) is 0 Å². The fourth-order valence-electron chi connectivity index (χ4n) is 9.42. The Balaban J connectivity index is 4.21. The summed E-state index contributed by atoms with van der Waals surface area (Å²) in [7, 11) is 0. The summed E-state index contributed by atoms with van der Waals surface area (Å²) in [5, 5.41) is 0. The van der Waals surface area contributed by atoms with Gasteiger partial charge in [0.05, 0.1) is 0 Å². The molecule has 0 aliphatic carbocycles. The van der Waals surface area contributed by atoms with Gasteiger partial charge in [0.15, 0.2) is 6.10 Å². The van der Waals surface area contributed by atoms with E-state index < -0.39 is 6.10 Å². The van der Waals surface area contributed by atoms with Crippen LogP contribution in [0.5, 0.6) is 0 Å². The smallest absolute Gasteiger partial charge is 0.306 e. The van der Waals surface area contributed by atoms with Crippen LogP contribution in [0.25, 0.3) is 0 Å². The van der Waals surface area contributed by atoms with Crippen molar-refractivity contribution in [3.05, 3.63) is 0 Å². The minimum atomic E-state index is -0.761. The standard InChI is InChI=1S/C61H118O6/c1-5-8-10-12-14-16-18-20-25-29-33-36-40-44-48-52-59(62)65-55-58(67-61(64)54-50-46-42-38-32-19-17-15-13-11-9-6-2)56-66-60(63)53-49-45-41-37-34-30-27-24-22-21-23-26-28-31-35-39-43-47-51-57(4)7-3/h57-58H,5-56H2,1-4H3/t57?,58-/m1/s1. The number of hydrogen-bond donors (Lipinski definition) is 0. The number of rotatable bonds is 56. The van der Waals surface area contributed by atoms with Gasteiger partial charge in [0.1, 0.15) is 13.2 Å². The van der Waals surface area contributed by atoms with Crippen molar-refractivity contribution in [1.82, 2.24) is 0 Å². The van der Waals surface area contributed by atoms with Crippen molar-refractivity contribution in [2.75, 3.05) is 13.2 Å². The minimum Gasteiger partial charge on any atom is -0.462 e. The van der Waals surface area contributed by atoms with Crippen LogP contribution in [0.4, 0.5) is 0 Å². The molecule has 0 radical (unpaired) electrons. The lowest BCUT2D eigenvalue weighted by atomic mass is 9.99. The molecule has 0 fully saturated rings. The van der Waals surface area contributed by atoms with Crippen molar-refractivity contribution in [1.29, 1.82) is 0 Å². The summed E-state index contributed by atoms with van der Waals surface area (Å²) < 4.78 is 16.9. The zero-order chi connectivity index (χ0) is 48.8. The molecule has 6 heteroatoms. The van der Waals surface area contributed by atoms with Crippen LogP contribution < -0.4 is 0 Å². The first kappa shape index (κ1) is 65.4. The van der Waals surface area contributed by atoms with Crippen LogP contribution in [-0.4, -0.2) is 37.2 Å². The maximum atomic E-state index is 12.8. The van der Waals surface area contributed by atoms with Crippen molar-refractivity contribution in [3.63, 3.8) is 0 Å². The molecule has 6 nitrogen and oxygen atoms in total. The highest BCUT2D eigenvalue weighted by Gasteiger charge is 2.19. The molecule has 0 aliphatic heterocycles. The molecule has 0 aliphatic rings. The molecule has 0 saturated heterocycles. The molecule has 0 bridgehead atoms. The summed E-state index contributed by atoms with van der Waals surface area (Å²) in [5.74, 6) is 0.0777. The Hall–Kier alpha value is -1.59. The number of carbonyl (C=O) groups excluding carboxylic acids is 3. The van der Waals surface area contributed by atoms with Gasteiger partial charge < -0.3 is 14.2 Å².